The predicted molar refractivity (Wildman–Crippen MR) is 141 cm³/mol. The second-order valence-electron chi connectivity index (χ2n) is 8.59. The number of nitrogens with zero attached hydrogens (tertiary/aromatic N) is 2. The first-order valence-corrected chi connectivity index (χ1v) is 12.7. The first-order valence-electron chi connectivity index (χ1n) is 11.5. The molecule has 3 aromatic carbocycles. The van der Waals surface area contributed by atoms with Crippen LogP contribution in [0.25, 0.3) is 11.3 Å². The summed E-state index contributed by atoms with van der Waals surface area (Å²) in [5.74, 6) is -0.952. The Morgan fingerprint density at radius 1 is 0.923 bits per heavy atom. The van der Waals surface area contributed by atoms with Crippen LogP contribution in [-0.4, -0.2) is 28.6 Å². The fraction of sp³-hybridized carbons (Fsp3) is 0.143. The van der Waals surface area contributed by atoms with E-state index in [1.807, 2.05) is 0 Å². The third kappa shape index (κ3) is 6.74. The zero-order valence-electron chi connectivity index (χ0n) is 20.6. The van der Waals surface area contributed by atoms with Gasteiger partial charge in [-0.3, -0.25) is 4.79 Å². The average molecular weight is 592 g/mol. The van der Waals surface area contributed by atoms with Crippen LogP contribution in [0.15, 0.2) is 66.7 Å². The summed E-state index contributed by atoms with van der Waals surface area (Å²) in [6.07, 6.45) is 0.386. The van der Waals surface area contributed by atoms with Crippen LogP contribution in [0.1, 0.15) is 34.0 Å². The summed E-state index contributed by atoms with van der Waals surface area (Å²) in [5, 5.41) is 20.9. The van der Waals surface area contributed by atoms with Gasteiger partial charge in [-0.05, 0) is 61.0 Å². The fourth-order valence-corrected chi connectivity index (χ4v) is 4.59. The van der Waals surface area contributed by atoms with E-state index in [4.69, 9.17) is 44.3 Å². The maximum Gasteiger partial charge on any atom is 1.00 e. The van der Waals surface area contributed by atoms with Crippen LogP contribution in [0.5, 0.6) is 17.2 Å². The van der Waals surface area contributed by atoms with E-state index in [0.29, 0.717) is 56.2 Å². The molecule has 0 saturated heterocycles. The molecule has 1 atom stereocenters. The zero-order chi connectivity index (χ0) is 26.8. The van der Waals surface area contributed by atoms with Crippen molar-refractivity contribution >= 4 is 46.6 Å². The molecule has 0 amide bonds. The molecule has 11 heteroatoms. The summed E-state index contributed by atoms with van der Waals surface area (Å²) in [5.41, 5.74) is 2.84. The second kappa shape index (κ2) is 12.7. The molecule has 0 fully saturated rings. The van der Waals surface area contributed by atoms with Gasteiger partial charge in [0.05, 0.1) is 39.5 Å². The molecular formula is C28H18Cl3N2NaO5. The maximum absolute atomic E-state index is 12.8. The van der Waals surface area contributed by atoms with Crippen molar-refractivity contribution in [3.05, 3.63) is 98.6 Å². The standard InChI is InChI=1S/C28H19Cl3N2O5.Na/c29-21-7-3-16(11-22(21)30)24-8-4-17(32-33-24)12-25(34)15-1-5-18(6-2-15)38-27-14-26-20(13-23(27)31)19(28(35)36)9-10-37-26;/h1-8,11,13-14,19H,9-10,12H2,(H,35,36);/q;+1/p-1. The Balaban J connectivity index is 0.00000353. The Hall–Kier alpha value is -2.65. The van der Waals surface area contributed by atoms with Gasteiger partial charge in [-0.15, -0.1) is 0 Å². The number of hydrogen-bond donors (Lipinski definition) is 0. The minimum Gasteiger partial charge on any atom is -0.549 e. The van der Waals surface area contributed by atoms with Crippen LogP contribution in [0.4, 0.5) is 0 Å². The van der Waals surface area contributed by atoms with E-state index in [1.54, 1.807) is 60.7 Å². The van der Waals surface area contributed by atoms with Gasteiger partial charge in [0, 0.05) is 34.6 Å². The van der Waals surface area contributed by atoms with E-state index >= 15 is 0 Å². The van der Waals surface area contributed by atoms with Crippen LogP contribution in [0, 0.1) is 0 Å². The monoisotopic (exact) mass is 590 g/mol. The molecule has 0 N–H and O–H groups in total. The minimum absolute atomic E-state index is 0. The number of ketones is 1. The van der Waals surface area contributed by atoms with Crippen LogP contribution >= 0.6 is 34.8 Å². The predicted octanol–water partition coefficient (Wildman–Crippen LogP) is 2.94. The molecule has 39 heavy (non-hydrogen) atoms. The molecule has 0 radical (unpaired) electrons. The molecule has 0 aliphatic carbocycles. The summed E-state index contributed by atoms with van der Waals surface area (Å²) in [7, 11) is 0. The van der Waals surface area contributed by atoms with Crippen LogP contribution in [-0.2, 0) is 11.2 Å². The Kier molecular flexibility index (Phi) is 9.54. The smallest absolute Gasteiger partial charge is 0.549 e. The number of rotatable bonds is 7. The van der Waals surface area contributed by atoms with E-state index in [1.165, 1.54) is 6.07 Å². The summed E-state index contributed by atoms with van der Waals surface area (Å²) in [6.45, 7) is 0.256. The molecule has 0 spiro atoms. The number of fused-ring (bicyclic) bond motifs is 1. The third-order valence-corrected chi connectivity index (χ3v) is 7.10. The number of carboxylic acids is 1. The van der Waals surface area contributed by atoms with Crippen molar-refractivity contribution in [3.8, 4) is 28.5 Å². The topological polar surface area (TPSA) is 101 Å². The molecule has 4 aromatic rings. The molecule has 0 saturated carbocycles. The Bertz CT molecular complexity index is 1530. The fourth-order valence-electron chi connectivity index (χ4n) is 4.08. The summed E-state index contributed by atoms with van der Waals surface area (Å²) in [4.78, 5) is 24.2. The number of aliphatic carboxylic acids is 1. The van der Waals surface area contributed by atoms with Crippen LogP contribution in [0.2, 0.25) is 15.1 Å². The molecule has 7 nitrogen and oxygen atoms in total. The van der Waals surface area contributed by atoms with Gasteiger partial charge < -0.3 is 19.4 Å². The van der Waals surface area contributed by atoms with Gasteiger partial charge in [0.15, 0.2) is 5.78 Å². The second-order valence-corrected chi connectivity index (χ2v) is 9.82. The average Bonchev–Trinajstić information content (AvgIpc) is 2.91. The van der Waals surface area contributed by atoms with Crippen LogP contribution < -0.4 is 44.1 Å². The van der Waals surface area contributed by atoms with E-state index < -0.39 is 11.9 Å². The molecule has 0 bridgehead atoms. The number of carboxylic acid groups (broad SMARTS) is 1. The van der Waals surface area contributed by atoms with Crippen molar-refractivity contribution in [2.75, 3.05) is 6.61 Å². The van der Waals surface area contributed by atoms with Crippen molar-refractivity contribution in [3.63, 3.8) is 0 Å². The quantitative estimate of drug-likeness (QED) is 0.241. The van der Waals surface area contributed by atoms with E-state index in [2.05, 4.69) is 10.2 Å². The van der Waals surface area contributed by atoms with Crippen molar-refractivity contribution in [2.24, 2.45) is 0 Å². The number of hydrogen-bond acceptors (Lipinski definition) is 7. The SMILES string of the molecule is O=C(Cc1ccc(-c2ccc(Cl)c(Cl)c2)nn1)c1ccc(Oc2cc3c(cc2Cl)C(C(=O)[O-])CCO3)cc1.[Na+]. The van der Waals surface area contributed by atoms with Gasteiger partial charge in [0.2, 0.25) is 0 Å². The summed E-state index contributed by atoms with van der Waals surface area (Å²) >= 11 is 18.4. The number of halogens is 3. The summed E-state index contributed by atoms with van der Waals surface area (Å²) < 4.78 is 11.5. The van der Waals surface area contributed by atoms with Crippen molar-refractivity contribution < 1.29 is 53.7 Å². The van der Waals surface area contributed by atoms with Crippen molar-refractivity contribution in [2.45, 2.75) is 18.8 Å². The Morgan fingerprint density at radius 3 is 2.36 bits per heavy atom. The van der Waals surface area contributed by atoms with Crippen molar-refractivity contribution in [1.29, 1.82) is 0 Å². The minimum atomic E-state index is -1.17. The van der Waals surface area contributed by atoms with E-state index in [9.17, 15) is 14.7 Å². The molecule has 1 unspecified atom stereocenters. The number of carbonyl (C=O) groups excluding carboxylic acids is 2. The molecule has 1 aliphatic rings. The first kappa shape index (κ1) is 29.3. The number of benzene rings is 3. The van der Waals surface area contributed by atoms with Gasteiger partial charge >= 0.3 is 29.6 Å². The molecule has 5 rings (SSSR count). The molecule has 2 heterocycles. The van der Waals surface area contributed by atoms with E-state index in [-0.39, 0.29) is 53.4 Å². The number of aromatic nitrogens is 2. The number of carbonyl (C=O) groups is 2. The van der Waals surface area contributed by atoms with Gasteiger partial charge in [0.1, 0.15) is 17.2 Å². The van der Waals surface area contributed by atoms with Gasteiger partial charge in [-0.25, -0.2) is 0 Å². The van der Waals surface area contributed by atoms with Gasteiger partial charge in [0.25, 0.3) is 0 Å². The Labute approximate surface area is 261 Å². The largest absolute Gasteiger partial charge is 1.00 e. The summed E-state index contributed by atoms with van der Waals surface area (Å²) in [6, 6.07) is 18.4. The Morgan fingerprint density at radius 2 is 1.69 bits per heavy atom. The molecule has 192 valence electrons. The molecule has 1 aliphatic heterocycles. The third-order valence-electron chi connectivity index (χ3n) is 6.07. The molecule has 1 aromatic heterocycles. The number of ether oxygens (including phenoxy) is 2. The zero-order valence-corrected chi connectivity index (χ0v) is 24.9. The van der Waals surface area contributed by atoms with E-state index in [0.717, 1.165) is 5.56 Å². The normalized spacial score (nSPS) is 14.0. The van der Waals surface area contributed by atoms with Crippen LogP contribution in [0.3, 0.4) is 0 Å². The van der Waals surface area contributed by atoms with Crippen molar-refractivity contribution in [1.82, 2.24) is 10.2 Å². The van der Waals surface area contributed by atoms with Gasteiger partial charge in [-0.1, -0.05) is 40.9 Å². The first-order chi connectivity index (χ1) is 18.3. The van der Waals surface area contributed by atoms with Gasteiger partial charge in [-0.2, -0.15) is 10.2 Å². The molecular weight excluding hydrogens is 574 g/mol. The maximum atomic E-state index is 12.8. The number of Topliss-reactive ketones (excluding diaryl/α,β-unsaturated/α-hetero) is 1.